The molecule has 1 aliphatic heterocycles. The zero-order valence-corrected chi connectivity index (χ0v) is 16.4. The van der Waals surface area contributed by atoms with Crippen LogP contribution in [-0.2, 0) is 14.8 Å². The number of benzene rings is 2. The van der Waals surface area contributed by atoms with Gasteiger partial charge in [0.25, 0.3) is 0 Å². The Kier molecular flexibility index (Phi) is 5.83. The fraction of sp³-hybridized carbons (Fsp3) is 0.316. The van der Waals surface area contributed by atoms with Gasteiger partial charge in [-0.1, -0.05) is 29.8 Å². The van der Waals surface area contributed by atoms with Crippen LogP contribution < -0.4 is 5.32 Å². The van der Waals surface area contributed by atoms with E-state index in [1.807, 2.05) is 0 Å². The van der Waals surface area contributed by atoms with Gasteiger partial charge in [0.2, 0.25) is 15.9 Å². The van der Waals surface area contributed by atoms with E-state index in [2.05, 4.69) is 5.32 Å². The van der Waals surface area contributed by atoms with Crippen LogP contribution in [0.25, 0.3) is 0 Å². The molecule has 0 saturated carbocycles. The van der Waals surface area contributed by atoms with Crippen molar-refractivity contribution in [1.82, 2.24) is 4.31 Å². The molecule has 0 aliphatic carbocycles. The van der Waals surface area contributed by atoms with Crippen LogP contribution in [-0.4, -0.2) is 31.7 Å². The summed E-state index contributed by atoms with van der Waals surface area (Å²) in [7, 11) is -3.75. The Morgan fingerprint density at radius 1 is 1.26 bits per heavy atom. The highest BCUT2D eigenvalue weighted by atomic mass is 35.5. The van der Waals surface area contributed by atoms with E-state index in [9.17, 15) is 17.6 Å². The highest BCUT2D eigenvalue weighted by Crippen LogP contribution is 2.27. The third kappa shape index (κ3) is 4.31. The molecule has 1 atom stereocenters. The summed E-state index contributed by atoms with van der Waals surface area (Å²) in [6.45, 7) is 2.17. The summed E-state index contributed by atoms with van der Waals surface area (Å²) < 4.78 is 40.8. The van der Waals surface area contributed by atoms with Crippen LogP contribution in [0.2, 0.25) is 5.02 Å². The van der Waals surface area contributed by atoms with E-state index in [4.69, 9.17) is 11.6 Å². The standard InChI is InChI=1S/C19H20ClFN2O3S/c1-13-8-9-15(11-16(13)20)27(25,26)23-10-4-5-14(12-23)19(24)22-18-7-3-2-6-17(18)21/h2-3,6-9,11,14H,4-5,10,12H2,1H3,(H,22,24). The second-order valence-electron chi connectivity index (χ2n) is 6.58. The fourth-order valence-corrected chi connectivity index (χ4v) is 4.85. The predicted octanol–water partition coefficient (Wildman–Crippen LogP) is 3.83. The summed E-state index contributed by atoms with van der Waals surface area (Å²) >= 11 is 6.06. The van der Waals surface area contributed by atoms with Crippen molar-refractivity contribution in [1.29, 1.82) is 0 Å². The number of sulfonamides is 1. The lowest BCUT2D eigenvalue weighted by atomic mass is 9.98. The number of halogens is 2. The first-order chi connectivity index (χ1) is 12.8. The number of piperidine rings is 1. The maximum atomic E-state index is 13.7. The molecule has 1 aliphatic rings. The van der Waals surface area contributed by atoms with Crippen molar-refractivity contribution in [3.8, 4) is 0 Å². The Balaban J connectivity index is 1.76. The minimum atomic E-state index is -3.75. The zero-order valence-electron chi connectivity index (χ0n) is 14.8. The van der Waals surface area contributed by atoms with Crippen molar-refractivity contribution in [2.24, 2.45) is 5.92 Å². The monoisotopic (exact) mass is 410 g/mol. The van der Waals surface area contributed by atoms with Gasteiger partial charge in [0.05, 0.1) is 16.5 Å². The molecule has 0 spiro atoms. The third-order valence-electron chi connectivity index (χ3n) is 4.67. The summed E-state index contributed by atoms with van der Waals surface area (Å²) in [5.41, 5.74) is 0.879. The molecule has 1 unspecified atom stereocenters. The van der Waals surface area contributed by atoms with Crippen molar-refractivity contribution in [3.05, 3.63) is 58.9 Å². The second kappa shape index (κ2) is 7.96. The van der Waals surface area contributed by atoms with Gasteiger partial charge < -0.3 is 5.32 Å². The maximum Gasteiger partial charge on any atom is 0.243 e. The van der Waals surface area contributed by atoms with Crippen molar-refractivity contribution in [3.63, 3.8) is 0 Å². The second-order valence-corrected chi connectivity index (χ2v) is 8.93. The molecule has 1 N–H and O–H groups in total. The van der Waals surface area contributed by atoms with Crippen LogP contribution in [0.1, 0.15) is 18.4 Å². The number of anilines is 1. The quantitative estimate of drug-likeness (QED) is 0.833. The van der Waals surface area contributed by atoms with Gasteiger partial charge >= 0.3 is 0 Å². The Labute approximate surface area is 163 Å². The molecule has 2 aromatic rings. The summed E-state index contributed by atoms with van der Waals surface area (Å²) in [6, 6.07) is 10.5. The van der Waals surface area contributed by atoms with Crippen molar-refractivity contribution < 1.29 is 17.6 Å². The summed E-state index contributed by atoms with van der Waals surface area (Å²) in [6.07, 6.45) is 1.09. The van der Waals surface area contributed by atoms with Gasteiger partial charge in [-0.2, -0.15) is 4.31 Å². The molecule has 1 fully saturated rings. The molecule has 27 heavy (non-hydrogen) atoms. The molecule has 1 heterocycles. The topological polar surface area (TPSA) is 66.5 Å². The SMILES string of the molecule is Cc1ccc(S(=O)(=O)N2CCCC(C(=O)Nc3ccccc3F)C2)cc1Cl. The molecule has 0 bridgehead atoms. The first-order valence-electron chi connectivity index (χ1n) is 8.61. The largest absolute Gasteiger partial charge is 0.323 e. The third-order valence-corrected chi connectivity index (χ3v) is 6.94. The Hall–Kier alpha value is -1.96. The van der Waals surface area contributed by atoms with Crippen molar-refractivity contribution in [2.45, 2.75) is 24.7 Å². The van der Waals surface area contributed by atoms with Gasteiger partial charge in [-0.25, -0.2) is 12.8 Å². The summed E-state index contributed by atoms with van der Waals surface area (Å²) in [5, 5.41) is 2.93. The molecule has 3 rings (SSSR count). The van der Waals surface area contributed by atoms with E-state index in [-0.39, 0.29) is 23.0 Å². The van der Waals surface area contributed by atoms with Gasteiger partial charge in [0, 0.05) is 18.1 Å². The van der Waals surface area contributed by atoms with Crippen LogP contribution in [0, 0.1) is 18.7 Å². The minimum Gasteiger partial charge on any atom is -0.323 e. The van der Waals surface area contributed by atoms with Crippen LogP contribution in [0.4, 0.5) is 10.1 Å². The van der Waals surface area contributed by atoms with Crippen LogP contribution in [0.15, 0.2) is 47.4 Å². The number of nitrogens with zero attached hydrogens (tertiary/aromatic N) is 1. The average Bonchev–Trinajstić information content (AvgIpc) is 2.65. The Bertz CT molecular complexity index is 965. The van der Waals surface area contributed by atoms with Gasteiger partial charge in [0.15, 0.2) is 0 Å². The molecule has 0 aromatic heterocycles. The van der Waals surface area contributed by atoms with E-state index < -0.39 is 21.8 Å². The molecule has 0 radical (unpaired) electrons. The number of nitrogens with one attached hydrogen (secondary N) is 1. The number of rotatable bonds is 4. The number of carbonyl (C=O) groups is 1. The normalized spacial score (nSPS) is 18.3. The molecule has 2 aromatic carbocycles. The molecule has 8 heteroatoms. The van der Waals surface area contributed by atoms with Crippen molar-refractivity contribution in [2.75, 3.05) is 18.4 Å². The lowest BCUT2D eigenvalue weighted by Gasteiger charge is -2.31. The van der Waals surface area contributed by atoms with E-state index in [0.717, 1.165) is 5.56 Å². The molecule has 5 nitrogen and oxygen atoms in total. The fourth-order valence-electron chi connectivity index (χ4n) is 3.06. The smallest absolute Gasteiger partial charge is 0.243 e. The van der Waals surface area contributed by atoms with Crippen molar-refractivity contribution >= 4 is 33.2 Å². The molecular formula is C19H20ClFN2O3S. The summed E-state index contributed by atoms with van der Waals surface area (Å²) in [4.78, 5) is 12.6. The number of hydrogen-bond donors (Lipinski definition) is 1. The number of carbonyl (C=O) groups excluding carboxylic acids is 1. The Morgan fingerprint density at radius 2 is 2.00 bits per heavy atom. The predicted molar refractivity (Wildman–Crippen MR) is 103 cm³/mol. The first kappa shape index (κ1) is 19.8. The van der Waals surface area contributed by atoms with E-state index >= 15 is 0 Å². The highest BCUT2D eigenvalue weighted by molar-refractivity contribution is 7.89. The van der Waals surface area contributed by atoms with Gasteiger partial charge in [-0.15, -0.1) is 0 Å². The summed E-state index contributed by atoms with van der Waals surface area (Å²) in [5.74, 6) is -1.46. The molecular weight excluding hydrogens is 391 g/mol. The van der Waals surface area contributed by atoms with E-state index in [0.29, 0.717) is 24.4 Å². The lowest BCUT2D eigenvalue weighted by molar-refractivity contribution is -0.120. The molecule has 1 saturated heterocycles. The first-order valence-corrected chi connectivity index (χ1v) is 10.4. The minimum absolute atomic E-state index is 0.0497. The van der Waals surface area contributed by atoms with Crippen LogP contribution >= 0.6 is 11.6 Å². The highest BCUT2D eigenvalue weighted by Gasteiger charge is 2.33. The number of para-hydroxylation sites is 1. The van der Waals surface area contributed by atoms with Crippen LogP contribution in [0.3, 0.4) is 0 Å². The average molecular weight is 411 g/mol. The number of aryl methyl sites for hydroxylation is 1. The van der Waals surface area contributed by atoms with Gasteiger partial charge in [-0.05, 0) is 49.6 Å². The molecule has 144 valence electrons. The van der Waals surface area contributed by atoms with E-state index in [1.165, 1.54) is 34.6 Å². The van der Waals surface area contributed by atoms with Gasteiger partial charge in [-0.3, -0.25) is 4.79 Å². The van der Waals surface area contributed by atoms with Gasteiger partial charge in [0.1, 0.15) is 5.82 Å². The maximum absolute atomic E-state index is 13.7. The van der Waals surface area contributed by atoms with E-state index in [1.54, 1.807) is 19.1 Å². The Morgan fingerprint density at radius 3 is 2.70 bits per heavy atom. The molecule has 1 amide bonds. The number of hydrogen-bond acceptors (Lipinski definition) is 3. The lowest BCUT2D eigenvalue weighted by Crippen LogP contribution is -2.43. The zero-order chi connectivity index (χ0) is 19.6. The van der Waals surface area contributed by atoms with Crippen LogP contribution in [0.5, 0.6) is 0 Å². The number of amides is 1.